The number of amides is 1. The Morgan fingerprint density at radius 3 is 2.50 bits per heavy atom. The van der Waals surface area contributed by atoms with E-state index in [9.17, 15) is 14.0 Å². The van der Waals surface area contributed by atoms with Crippen molar-refractivity contribution in [1.29, 1.82) is 0 Å². The normalized spacial score (nSPS) is 10.1. The van der Waals surface area contributed by atoms with Crippen LogP contribution in [0.3, 0.4) is 0 Å². The molecule has 0 heterocycles. The van der Waals surface area contributed by atoms with E-state index in [-0.39, 0.29) is 12.5 Å². The van der Waals surface area contributed by atoms with Gasteiger partial charge in [0, 0.05) is 11.3 Å². The number of hydrogen-bond donors (Lipinski definition) is 1. The predicted molar refractivity (Wildman–Crippen MR) is 81.8 cm³/mol. The molecule has 114 valence electrons. The van der Waals surface area contributed by atoms with Crippen LogP contribution in [0.1, 0.15) is 21.5 Å². The first-order chi connectivity index (χ1) is 10.5. The molecule has 0 aliphatic carbocycles. The van der Waals surface area contributed by atoms with Crippen LogP contribution in [-0.4, -0.2) is 18.8 Å². The lowest BCUT2D eigenvalue weighted by Crippen LogP contribution is -2.20. The van der Waals surface area contributed by atoms with E-state index >= 15 is 0 Å². The third-order valence-electron chi connectivity index (χ3n) is 3.07. The summed E-state index contributed by atoms with van der Waals surface area (Å²) in [5.74, 6) is -0.237. The number of halogens is 1. The molecule has 2 aromatic rings. The van der Waals surface area contributed by atoms with Crippen molar-refractivity contribution in [1.82, 2.24) is 0 Å². The quantitative estimate of drug-likeness (QED) is 0.862. The molecular formula is C17H16FNO3. The van der Waals surface area contributed by atoms with Gasteiger partial charge in [0.2, 0.25) is 0 Å². The first-order valence-electron chi connectivity index (χ1n) is 6.74. The van der Waals surface area contributed by atoms with Crippen LogP contribution in [0, 0.1) is 19.7 Å². The number of aldehydes is 1. The highest BCUT2D eigenvalue weighted by Crippen LogP contribution is 2.24. The monoisotopic (exact) mass is 301 g/mol. The van der Waals surface area contributed by atoms with Gasteiger partial charge in [-0.1, -0.05) is 6.07 Å². The number of rotatable bonds is 5. The average molecular weight is 301 g/mol. The molecule has 0 atom stereocenters. The van der Waals surface area contributed by atoms with Crippen molar-refractivity contribution in [3.63, 3.8) is 0 Å². The molecule has 2 aromatic carbocycles. The molecule has 0 aliphatic heterocycles. The summed E-state index contributed by atoms with van der Waals surface area (Å²) in [6.07, 6.45) is 0.764. The molecule has 5 heteroatoms. The van der Waals surface area contributed by atoms with Crippen LogP contribution in [0.4, 0.5) is 10.1 Å². The molecule has 0 fully saturated rings. The number of carbonyl (C=O) groups excluding carboxylic acids is 2. The summed E-state index contributed by atoms with van der Waals surface area (Å²) in [4.78, 5) is 22.6. The summed E-state index contributed by atoms with van der Waals surface area (Å²) in [5.41, 5.74) is 2.49. The van der Waals surface area contributed by atoms with E-state index in [0.717, 1.165) is 17.4 Å². The van der Waals surface area contributed by atoms with Crippen LogP contribution >= 0.6 is 0 Å². The van der Waals surface area contributed by atoms with Crippen LogP contribution < -0.4 is 10.1 Å². The lowest BCUT2D eigenvalue weighted by Gasteiger charge is -2.13. The van der Waals surface area contributed by atoms with Crippen LogP contribution in [0.25, 0.3) is 0 Å². The van der Waals surface area contributed by atoms with Gasteiger partial charge < -0.3 is 10.1 Å². The number of ether oxygens (including phenoxy) is 1. The first kappa shape index (κ1) is 15.7. The molecule has 0 saturated carbocycles. The molecule has 0 aliphatic rings. The molecule has 0 saturated heterocycles. The Morgan fingerprint density at radius 1 is 1.23 bits per heavy atom. The summed E-state index contributed by atoms with van der Waals surface area (Å²) < 4.78 is 18.5. The van der Waals surface area contributed by atoms with Gasteiger partial charge in [0.05, 0.1) is 0 Å². The Balaban J connectivity index is 2.01. The molecule has 22 heavy (non-hydrogen) atoms. The molecule has 2 rings (SSSR count). The van der Waals surface area contributed by atoms with E-state index in [1.54, 1.807) is 32.0 Å². The van der Waals surface area contributed by atoms with E-state index in [0.29, 0.717) is 17.0 Å². The van der Waals surface area contributed by atoms with Crippen LogP contribution in [-0.2, 0) is 4.79 Å². The van der Waals surface area contributed by atoms with Crippen molar-refractivity contribution < 1.29 is 18.7 Å². The van der Waals surface area contributed by atoms with Crippen LogP contribution in [0.15, 0.2) is 36.4 Å². The largest absolute Gasteiger partial charge is 0.483 e. The smallest absolute Gasteiger partial charge is 0.262 e. The van der Waals surface area contributed by atoms with E-state index in [2.05, 4.69) is 5.32 Å². The van der Waals surface area contributed by atoms with E-state index in [4.69, 9.17) is 4.74 Å². The Bertz CT molecular complexity index is 690. The van der Waals surface area contributed by atoms with Gasteiger partial charge in [-0.15, -0.1) is 0 Å². The fourth-order valence-electron chi connectivity index (χ4n) is 2.18. The highest BCUT2D eigenvalue weighted by molar-refractivity contribution is 5.91. The van der Waals surface area contributed by atoms with Crippen LogP contribution in [0.2, 0.25) is 0 Å². The maximum Gasteiger partial charge on any atom is 0.262 e. The van der Waals surface area contributed by atoms with Gasteiger partial charge in [-0.25, -0.2) is 4.39 Å². The molecule has 1 amide bonds. The molecule has 4 nitrogen and oxygen atoms in total. The summed E-state index contributed by atoms with van der Waals surface area (Å²) in [5, 5.41) is 2.55. The van der Waals surface area contributed by atoms with Gasteiger partial charge in [0.15, 0.2) is 6.61 Å². The van der Waals surface area contributed by atoms with Gasteiger partial charge >= 0.3 is 0 Å². The van der Waals surface area contributed by atoms with Crippen molar-refractivity contribution in [2.75, 3.05) is 11.9 Å². The summed E-state index contributed by atoms with van der Waals surface area (Å²) in [7, 11) is 0. The molecule has 1 N–H and O–H groups in total. The molecule has 0 unspecified atom stereocenters. The lowest BCUT2D eigenvalue weighted by atomic mass is 10.1. The average Bonchev–Trinajstić information content (AvgIpc) is 2.46. The van der Waals surface area contributed by atoms with Gasteiger partial charge in [0.1, 0.15) is 17.9 Å². The standard InChI is InChI=1S/C17H16FNO3/c1-11-6-13(9-20)7-12(2)17(11)22-10-16(21)19-15-5-3-4-14(18)8-15/h3-9H,10H2,1-2H3,(H,19,21). The van der Waals surface area contributed by atoms with Crippen molar-refractivity contribution >= 4 is 17.9 Å². The van der Waals surface area contributed by atoms with Gasteiger partial charge in [-0.05, 0) is 55.3 Å². The van der Waals surface area contributed by atoms with Crippen LogP contribution in [0.5, 0.6) is 5.75 Å². The number of anilines is 1. The van der Waals surface area contributed by atoms with Gasteiger partial charge in [-0.3, -0.25) is 9.59 Å². The minimum Gasteiger partial charge on any atom is -0.483 e. The second-order valence-corrected chi connectivity index (χ2v) is 4.95. The minimum atomic E-state index is -0.421. The Labute approximate surface area is 127 Å². The highest BCUT2D eigenvalue weighted by Gasteiger charge is 2.09. The second kappa shape index (κ2) is 6.85. The summed E-state index contributed by atoms with van der Waals surface area (Å²) in [6.45, 7) is 3.41. The molecule has 0 radical (unpaired) electrons. The topological polar surface area (TPSA) is 55.4 Å². The Morgan fingerprint density at radius 2 is 1.91 bits per heavy atom. The molecule has 0 bridgehead atoms. The van der Waals surface area contributed by atoms with Crippen molar-refractivity contribution in [2.24, 2.45) is 0 Å². The third kappa shape index (κ3) is 3.91. The summed E-state index contributed by atoms with van der Waals surface area (Å²) >= 11 is 0. The first-order valence-corrected chi connectivity index (χ1v) is 6.74. The number of aryl methyl sites for hydroxylation is 2. The minimum absolute atomic E-state index is 0.196. The number of hydrogen-bond acceptors (Lipinski definition) is 3. The third-order valence-corrected chi connectivity index (χ3v) is 3.07. The Hall–Kier alpha value is -2.69. The lowest BCUT2D eigenvalue weighted by molar-refractivity contribution is -0.118. The SMILES string of the molecule is Cc1cc(C=O)cc(C)c1OCC(=O)Nc1cccc(F)c1. The van der Waals surface area contributed by atoms with E-state index in [1.807, 2.05) is 0 Å². The molecule has 0 aromatic heterocycles. The number of carbonyl (C=O) groups is 2. The number of benzene rings is 2. The van der Waals surface area contributed by atoms with Crippen molar-refractivity contribution in [3.8, 4) is 5.75 Å². The zero-order valence-corrected chi connectivity index (χ0v) is 12.4. The molecular weight excluding hydrogens is 285 g/mol. The van der Waals surface area contributed by atoms with E-state index in [1.165, 1.54) is 18.2 Å². The molecule has 0 spiro atoms. The van der Waals surface area contributed by atoms with Gasteiger partial charge in [-0.2, -0.15) is 0 Å². The zero-order valence-electron chi connectivity index (χ0n) is 12.4. The second-order valence-electron chi connectivity index (χ2n) is 4.95. The van der Waals surface area contributed by atoms with E-state index < -0.39 is 5.82 Å². The maximum atomic E-state index is 13.0. The summed E-state index contributed by atoms with van der Waals surface area (Å²) in [6, 6.07) is 9.02. The Kier molecular flexibility index (Phi) is 4.88. The zero-order chi connectivity index (χ0) is 16.1. The number of nitrogens with one attached hydrogen (secondary N) is 1. The predicted octanol–water partition coefficient (Wildman–Crippen LogP) is 3.27. The van der Waals surface area contributed by atoms with Crippen molar-refractivity contribution in [3.05, 3.63) is 58.9 Å². The van der Waals surface area contributed by atoms with Gasteiger partial charge in [0.25, 0.3) is 5.91 Å². The highest BCUT2D eigenvalue weighted by atomic mass is 19.1. The fourth-order valence-corrected chi connectivity index (χ4v) is 2.18. The van der Waals surface area contributed by atoms with Crippen molar-refractivity contribution in [2.45, 2.75) is 13.8 Å². The fraction of sp³-hybridized carbons (Fsp3) is 0.176. The maximum absolute atomic E-state index is 13.0.